The monoisotopic (exact) mass is 246 g/mol. The number of carbonyl (C=O) groups excluding carboxylic acids is 1. The molecule has 0 aliphatic rings. The SMILES string of the molecule is C=CCNCC(=O)NC(C)c1ccc(C)cc1C. The average molecular weight is 246 g/mol. The lowest BCUT2D eigenvalue weighted by Gasteiger charge is -2.17. The summed E-state index contributed by atoms with van der Waals surface area (Å²) < 4.78 is 0. The Bertz CT molecular complexity index is 427. The highest BCUT2D eigenvalue weighted by atomic mass is 16.1. The molecule has 0 bridgehead atoms. The standard InChI is InChI=1S/C15H22N2O/c1-5-8-16-10-15(18)17-13(4)14-7-6-11(2)9-12(14)3/h5-7,9,13,16H,1,8,10H2,2-4H3,(H,17,18). The van der Waals surface area contributed by atoms with Crippen molar-refractivity contribution in [1.82, 2.24) is 10.6 Å². The number of carbonyl (C=O) groups is 1. The van der Waals surface area contributed by atoms with Gasteiger partial charge in [-0.1, -0.05) is 29.8 Å². The highest BCUT2D eigenvalue weighted by molar-refractivity contribution is 5.78. The Morgan fingerprint density at radius 1 is 1.44 bits per heavy atom. The van der Waals surface area contributed by atoms with E-state index in [1.54, 1.807) is 6.08 Å². The summed E-state index contributed by atoms with van der Waals surface area (Å²) in [5.74, 6) is 0.00400. The van der Waals surface area contributed by atoms with Crippen LogP contribution in [0.5, 0.6) is 0 Å². The molecule has 0 saturated carbocycles. The van der Waals surface area contributed by atoms with Crippen LogP contribution in [-0.2, 0) is 4.79 Å². The second kappa shape index (κ2) is 6.97. The van der Waals surface area contributed by atoms with Crippen molar-refractivity contribution in [2.75, 3.05) is 13.1 Å². The molecule has 0 aliphatic carbocycles. The van der Waals surface area contributed by atoms with Crippen LogP contribution in [0.15, 0.2) is 30.9 Å². The summed E-state index contributed by atoms with van der Waals surface area (Å²) in [6.07, 6.45) is 1.74. The van der Waals surface area contributed by atoms with Crippen LogP contribution in [0.2, 0.25) is 0 Å². The number of hydrogen-bond donors (Lipinski definition) is 2. The topological polar surface area (TPSA) is 41.1 Å². The highest BCUT2D eigenvalue weighted by Gasteiger charge is 2.11. The molecule has 0 heterocycles. The third-order valence-corrected chi connectivity index (χ3v) is 2.84. The van der Waals surface area contributed by atoms with Gasteiger partial charge in [0.05, 0.1) is 12.6 Å². The molecule has 1 rings (SSSR count). The van der Waals surface area contributed by atoms with E-state index in [0.717, 1.165) is 5.56 Å². The zero-order valence-electron chi connectivity index (χ0n) is 11.4. The maximum atomic E-state index is 11.7. The fraction of sp³-hybridized carbons (Fsp3) is 0.400. The van der Waals surface area contributed by atoms with Crippen molar-refractivity contribution < 1.29 is 4.79 Å². The van der Waals surface area contributed by atoms with E-state index >= 15 is 0 Å². The first kappa shape index (κ1) is 14.5. The Morgan fingerprint density at radius 3 is 2.78 bits per heavy atom. The third-order valence-electron chi connectivity index (χ3n) is 2.84. The van der Waals surface area contributed by atoms with Gasteiger partial charge in [0.15, 0.2) is 0 Å². The van der Waals surface area contributed by atoms with Crippen molar-refractivity contribution in [2.45, 2.75) is 26.8 Å². The van der Waals surface area contributed by atoms with Gasteiger partial charge in [-0.05, 0) is 31.9 Å². The molecular formula is C15H22N2O. The van der Waals surface area contributed by atoms with Gasteiger partial charge in [0.2, 0.25) is 5.91 Å². The Balaban J connectivity index is 2.56. The van der Waals surface area contributed by atoms with E-state index in [0.29, 0.717) is 13.1 Å². The molecule has 1 atom stereocenters. The molecule has 0 saturated heterocycles. The smallest absolute Gasteiger partial charge is 0.234 e. The summed E-state index contributed by atoms with van der Waals surface area (Å²) in [5, 5.41) is 5.96. The first-order valence-electron chi connectivity index (χ1n) is 6.22. The van der Waals surface area contributed by atoms with Crippen LogP contribution in [0.4, 0.5) is 0 Å². The molecular weight excluding hydrogens is 224 g/mol. The molecule has 0 spiro atoms. The molecule has 1 unspecified atom stereocenters. The minimum absolute atomic E-state index is 0.00400. The van der Waals surface area contributed by atoms with E-state index in [2.05, 4.69) is 49.3 Å². The van der Waals surface area contributed by atoms with E-state index in [1.165, 1.54) is 11.1 Å². The molecule has 1 aromatic carbocycles. The summed E-state index contributed by atoms with van der Waals surface area (Å²) in [6, 6.07) is 6.31. The Hall–Kier alpha value is -1.61. The van der Waals surface area contributed by atoms with Crippen LogP contribution in [0.3, 0.4) is 0 Å². The van der Waals surface area contributed by atoms with Gasteiger partial charge in [0, 0.05) is 6.54 Å². The number of benzene rings is 1. The minimum Gasteiger partial charge on any atom is -0.348 e. The summed E-state index contributed by atoms with van der Waals surface area (Å²) in [5.41, 5.74) is 3.61. The van der Waals surface area contributed by atoms with Crippen LogP contribution in [-0.4, -0.2) is 19.0 Å². The first-order valence-corrected chi connectivity index (χ1v) is 6.22. The minimum atomic E-state index is 0.00400. The van der Waals surface area contributed by atoms with Crippen LogP contribution >= 0.6 is 0 Å². The van der Waals surface area contributed by atoms with E-state index in [1.807, 2.05) is 6.92 Å². The quantitative estimate of drug-likeness (QED) is 0.597. The van der Waals surface area contributed by atoms with E-state index in [4.69, 9.17) is 0 Å². The normalized spacial score (nSPS) is 11.9. The van der Waals surface area contributed by atoms with Gasteiger partial charge in [0.1, 0.15) is 0 Å². The van der Waals surface area contributed by atoms with Gasteiger partial charge < -0.3 is 10.6 Å². The van der Waals surface area contributed by atoms with Gasteiger partial charge >= 0.3 is 0 Å². The first-order chi connectivity index (χ1) is 8.54. The zero-order valence-corrected chi connectivity index (χ0v) is 11.4. The van der Waals surface area contributed by atoms with Crippen LogP contribution in [0.25, 0.3) is 0 Å². The molecule has 1 aromatic rings. The molecule has 0 aromatic heterocycles. The molecule has 3 heteroatoms. The van der Waals surface area contributed by atoms with E-state index < -0.39 is 0 Å². The summed E-state index contributed by atoms with van der Waals surface area (Å²) >= 11 is 0. The lowest BCUT2D eigenvalue weighted by Crippen LogP contribution is -2.35. The van der Waals surface area contributed by atoms with Gasteiger partial charge in [-0.3, -0.25) is 4.79 Å². The number of nitrogens with one attached hydrogen (secondary N) is 2. The van der Waals surface area contributed by atoms with Crippen LogP contribution < -0.4 is 10.6 Å². The lowest BCUT2D eigenvalue weighted by atomic mass is 10.0. The second-order valence-corrected chi connectivity index (χ2v) is 4.57. The molecule has 0 aliphatic heterocycles. The fourth-order valence-corrected chi connectivity index (χ4v) is 1.97. The maximum Gasteiger partial charge on any atom is 0.234 e. The Kier molecular flexibility index (Phi) is 5.59. The molecule has 2 N–H and O–H groups in total. The molecule has 3 nitrogen and oxygen atoms in total. The van der Waals surface area contributed by atoms with Crippen molar-refractivity contribution >= 4 is 5.91 Å². The number of aryl methyl sites for hydroxylation is 2. The summed E-state index contributed by atoms with van der Waals surface area (Å²) in [6.45, 7) is 10.7. The van der Waals surface area contributed by atoms with Crippen LogP contribution in [0, 0.1) is 13.8 Å². The molecule has 0 radical (unpaired) electrons. The lowest BCUT2D eigenvalue weighted by molar-refractivity contribution is -0.120. The second-order valence-electron chi connectivity index (χ2n) is 4.57. The number of hydrogen-bond acceptors (Lipinski definition) is 2. The van der Waals surface area contributed by atoms with Crippen molar-refractivity contribution in [3.63, 3.8) is 0 Å². The fourth-order valence-electron chi connectivity index (χ4n) is 1.97. The van der Waals surface area contributed by atoms with Gasteiger partial charge in [-0.25, -0.2) is 0 Å². The maximum absolute atomic E-state index is 11.7. The van der Waals surface area contributed by atoms with Gasteiger partial charge in [-0.15, -0.1) is 6.58 Å². The van der Waals surface area contributed by atoms with Crippen molar-refractivity contribution in [3.05, 3.63) is 47.5 Å². The van der Waals surface area contributed by atoms with Gasteiger partial charge in [-0.2, -0.15) is 0 Å². The average Bonchev–Trinajstić information content (AvgIpc) is 2.28. The molecule has 98 valence electrons. The highest BCUT2D eigenvalue weighted by Crippen LogP contribution is 2.18. The largest absolute Gasteiger partial charge is 0.348 e. The summed E-state index contributed by atoms with van der Waals surface area (Å²) in [4.78, 5) is 11.7. The summed E-state index contributed by atoms with van der Waals surface area (Å²) in [7, 11) is 0. The van der Waals surface area contributed by atoms with Crippen molar-refractivity contribution in [1.29, 1.82) is 0 Å². The van der Waals surface area contributed by atoms with Crippen molar-refractivity contribution in [3.8, 4) is 0 Å². The molecule has 18 heavy (non-hydrogen) atoms. The Labute approximate surface area is 109 Å². The predicted molar refractivity (Wildman–Crippen MR) is 75.5 cm³/mol. The van der Waals surface area contributed by atoms with Crippen LogP contribution in [0.1, 0.15) is 29.7 Å². The van der Waals surface area contributed by atoms with Crippen molar-refractivity contribution in [2.24, 2.45) is 0 Å². The predicted octanol–water partition coefficient (Wildman–Crippen LogP) is 2.26. The van der Waals surface area contributed by atoms with Gasteiger partial charge in [0.25, 0.3) is 0 Å². The Morgan fingerprint density at radius 2 is 2.17 bits per heavy atom. The third kappa shape index (κ3) is 4.34. The molecule has 1 amide bonds. The molecule has 0 fully saturated rings. The number of rotatable bonds is 6. The van der Waals surface area contributed by atoms with E-state index in [-0.39, 0.29) is 11.9 Å². The zero-order chi connectivity index (χ0) is 13.5. The van der Waals surface area contributed by atoms with E-state index in [9.17, 15) is 4.79 Å². The number of amides is 1.